The SMILES string of the molecule is CC1COCCCN1c1ccnc(F)c1. The Morgan fingerprint density at radius 1 is 1.60 bits per heavy atom. The summed E-state index contributed by atoms with van der Waals surface area (Å²) >= 11 is 0. The third-order valence-corrected chi connectivity index (χ3v) is 2.62. The van der Waals surface area contributed by atoms with Gasteiger partial charge in [-0.15, -0.1) is 0 Å². The van der Waals surface area contributed by atoms with E-state index in [0.29, 0.717) is 6.61 Å². The maximum absolute atomic E-state index is 13.0. The molecule has 1 aliphatic heterocycles. The molecule has 1 unspecified atom stereocenters. The molecule has 0 N–H and O–H groups in total. The number of rotatable bonds is 1. The van der Waals surface area contributed by atoms with Gasteiger partial charge in [0.05, 0.1) is 6.61 Å². The molecular formula is C11H15FN2O. The first-order valence-corrected chi connectivity index (χ1v) is 5.23. The Morgan fingerprint density at radius 3 is 3.27 bits per heavy atom. The lowest BCUT2D eigenvalue weighted by atomic mass is 10.2. The molecule has 1 atom stereocenters. The van der Waals surface area contributed by atoms with Gasteiger partial charge in [-0.2, -0.15) is 4.39 Å². The van der Waals surface area contributed by atoms with Crippen molar-refractivity contribution in [1.29, 1.82) is 0 Å². The molecule has 3 nitrogen and oxygen atoms in total. The summed E-state index contributed by atoms with van der Waals surface area (Å²) in [7, 11) is 0. The molecule has 0 bridgehead atoms. The van der Waals surface area contributed by atoms with Gasteiger partial charge in [0.15, 0.2) is 0 Å². The van der Waals surface area contributed by atoms with Crippen molar-refractivity contribution in [2.45, 2.75) is 19.4 Å². The van der Waals surface area contributed by atoms with Gasteiger partial charge in [-0.25, -0.2) is 4.98 Å². The van der Waals surface area contributed by atoms with Gasteiger partial charge in [-0.3, -0.25) is 0 Å². The van der Waals surface area contributed by atoms with E-state index in [9.17, 15) is 4.39 Å². The van der Waals surface area contributed by atoms with Gasteiger partial charge in [0, 0.05) is 37.1 Å². The van der Waals surface area contributed by atoms with Crippen molar-refractivity contribution in [3.8, 4) is 0 Å². The van der Waals surface area contributed by atoms with E-state index < -0.39 is 5.95 Å². The molecule has 0 aromatic carbocycles. The van der Waals surface area contributed by atoms with Crippen LogP contribution in [0.2, 0.25) is 0 Å². The van der Waals surface area contributed by atoms with Gasteiger partial charge in [0.1, 0.15) is 0 Å². The van der Waals surface area contributed by atoms with Gasteiger partial charge in [-0.1, -0.05) is 0 Å². The first-order chi connectivity index (χ1) is 7.27. The molecule has 1 fully saturated rings. The van der Waals surface area contributed by atoms with E-state index in [2.05, 4.69) is 16.8 Å². The van der Waals surface area contributed by atoms with Crippen LogP contribution in [0, 0.1) is 5.95 Å². The summed E-state index contributed by atoms with van der Waals surface area (Å²) in [6.45, 7) is 4.48. The van der Waals surface area contributed by atoms with Crippen molar-refractivity contribution in [3.05, 3.63) is 24.3 Å². The van der Waals surface area contributed by atoms with E-state index in [-0.39, 0.29) is 6.04 Å². The molecule has 0 spiro atoms. The third kappa shape index (κ3) is 2.45. The average Bonchev–Trinajstić information content (AvgIpc) is 2.43. The lowest BCUT2D eigenvalue weighted by Crippen LogP contribution is -2.35. The molecule has 1 aliphatic rings. The first-order valence-electron chi connectivity index (χ1n) is 5.23. The van der Waals surface area contributed by atoms with Crippen LogP contribution in [0.4, 0.5) is 10.1 Å². The van der Waals surface area contributed by atoms with Gasteiger partial charge in [-0.05, 0) is 19.4 Å². The van der Waals surface area contributed by atoms with Crippen molar-refractivity contribution in [2.75, 3.05) is 24.7 Å². The monoisotopic (exact) mass is 210 g/mol. The molecule has 2 rings (SSSR count). The number of aromatic nitrogens is 1. The summed E-state index contributed by atoms with van der Waals surface area (Å²) in [5.41, 5.74) is 0.889. The largest absolute Gasteiger partial charge is 0.379 e. The Morgan fingerprint density at radius 2 is 2.47 bits per heavy atom. The van der Waals surface area contributed by atoms with E-state index >= 15 is 0 Å². The fourth-order valence-corrected chi connectivity index (χ4v) is 1.86. The minimum atomic E-state index is -0.426. The Balaban J connectivity index is 2.20. The molecule has 1 aromatic heterocycles. The molecule has 0 saturated carbocycles. The molecule has 1 aromatic rings. The minimum absolute atomic E-state index is 0.286. The number of hydrogen-bond acceptors (Lipinski definition) is 3. The smallest absolute Gasteiger partial charge is 0.214 e. The number of pyridine rings is 1. The van der Waals surface area contributed by atoms with Crippen LogP contribution in [-0.2, 0) is 4.74 Å². The Kier molecular flexibility index (Phi) is 3.16. The van der Waals surface area contributed by atoms with Crippen molar-refractivity contribution in [3.63, 3.8) is 0 Å². The van der Waals surface area contributed by atoms with Crippen molar-refractivity contribution >= 4 is 5.69 Å². The zero-order valence-electron chi connectivity index (χ0n) is 8.82. The maximum atomic E-state index is 13.0. The second-order valence-corrected chi connectivity index (χ2v) is 3.81. The number of nitrogens with zero attached hydrogens (tertiary/aromatic N) is 2. The lowest BCUT2D eigenvalue weighted by molar-refractivity contribution is 0.137. The van der Waals surface area contributed by atoms with Crippen molar-refractivity contribution in [1.82, 2.24) is 4.98 Å². The van der Waals surface area contributed by atoms with E-state index in [0.717, 1.165) is 25.3 Å². The topological polar surface area (TPSA) is 25.4 Å². The second kappa shape index (κ2) is 4.57. The molecule has 4 heteroatoms. The van der Waals surface area contributed by atoms with Crippen LogP contribution in [-0.4, -0.2) is 30.8 Å². The van der Waals surface area contributed by atoms with Gasteiger partial charge in [0.25, 0.3) is 0 Å². The summed E-state index contributed by atoms with van der Waals surface area (Å²) in [4.78, 5) is 5.72. The van der Waals surface area contributed by atoms with Crippen LogP contribution in [0.1, 0.15) is 13.3 Å². The molecule has 82 valence electrons. The highest BCUT2D eigenvalue weighted by Gasteiger charge is 2.17. The summed E-state index contributed by atoms with van der Waals surface area (Å²) in [5.74, 6) is -0.426. The first kappa shape index (κ1) is 10.4. The van der Waals surface area contributed by atoms with Crippen molar-refractivity contribution < 1.29 is 9.13 Å². The lowest BCUT2D eigenvalue weighted by Gasteiger charge is -2.28. The number of ether oxygens (including phenoxy) is 1. The number of anilines is 1. The zero-order valence-corrected chi connectivity index (χ0v) is 8.82. The van der Waals surface area contributed by atoms with Crippen LogP contribution < -0.4 is 4.90 Å². The van der Waals surface area contributed by atoms with Gasteiger partial charge < -0.3 is 9.64 Å². The van der Waals surface area contributed by atoms with Crippen LogP contribution in [0.15, 0.2) is 18.3 Å². The summed E-state index contributed by atoms with van der Waals surface area (Å²) in [6.07, 6.45) is 2.48. The number of halogens is 1. The molecule has 1 saturated heterocycles. The maximum Gasteiger partial charge on any atom is 0.214 e. The summed E-state index contributed by atoms with van der Waals surface area (Å²) < 4.78 is 18.4. The molecule has 15 heavy (non-hydrogen) atoms. The van der Waals surface area contributed by atoms with Crippen LogP contribution >= 0.6 is 0 Å². The molecule has 0 radical (unpaired) electrons. The predicted molar refractivity (Wildman–Crippen MR) is 56.4 cm³/mol. The molecule has 0 aliphatic carbocycles. The minimum Gasteiger partial charge on any atom is -0.379 e. The second-order valence-electron chi connectivity index (χ2n) is 3.81. The zero-order chi connectivity index (χ0) is 10.7. The molecular weight excluding hydrogens is 195 g/mol. The summed E-state index contributed by atoms with van der Waals surface area (Å²) in [5, 5.41) is 0. The summed E-state index contributed by atoms with van der Waals surface area (Å²) in [6, 6.07) is 3.60. The third-order valence-electron chi connectivity index (χ3n) is 2.62. The molecule has 2 heterocycles. The Labute approximate surface area is 88.9 Å². The van der Waals surface area contributed by atoms with Gasteiger partial charge >= 0.3 is 0 Å². The fraction of sp³-hybridized carbons (Fsp3) is 0.545. The molecule has 0 amide bonds. The highest BCUT2D eigenvalue weighted by atomic mass is 19.1. The van der Waals surface area contributed by atoms with Crippen LogP contribution in [0.5, 0.6) is 0 Å². The average molecular weight is 210 g/mol. The standard InChI is InChI=1S/C11H15FN2O/c1-9-8-15-6-2-5-14(9)10-3-4-13-11(12)7-10/h3-4,7,9H,2,5-6,8H2,1H3. The van der Waals surface area contributed by atoms with E-state index in [1.54, 1.807) is 0 Å². The Hall–Kier alpha value is -1.16. The van der Waals surface area contributed by atoms with Crippen molar-refractivity contribution in [2.24, 2.45) is 0 Å². The fourth-order valence-electron chi connectivity index (χ4n) is 1.86. The predicted octanol–water partition coefficient (Wildman–Crippen LogP) is 1.84. The van der Waals surface area contributed by atoms with Crippen LogP contribution in [0.3, 0.4) is 0 Å². The number of hydrogen-bond donors (Lipinski definition) is 0. The van der Waals surface area contributed by atoms with Crippen LogP contribution in [0.25, 0.3) is 0 Å². The highest BCUT2D eigenvalue weighted by molar-refractivity contribution is 5.46. The van der Waals surface area contributed by atoms with E-state index in [1.165, 1.54) is 12.3 Å². The quantitative estimate of drug-likeness (QED) is 0.661. The van der Waals surface area contributed by atoms with E-state index in [4.69, 9.17) is 4.74 Å². The Bertz CT molecular complexity index is 332. The highest BCUT2D eigenvalue weighted by Crippen LogP contribution is 2.19. The normalized spacial score (nSPS) is 22.5. The van der Waals surface area contributed by atoms with E-state index in [1.807, 2.05) is 6.07 Å². The van der Waals surface area contributed by atoms with Gasteiger partial charge in [0.2, 0.25) is 5.95 Å².